The number of anilines is 1. The van der Waals surface area contributed by atoms with Gasteiger partial charge in [0.05, 0.1) is 21.2 Å². The molecule has 2 aromatic heterocycles. The Morgan fingerprint density at radius 3 is 2.67 bits per heavy atom. The summed E-state index contributed by atoms with van der Waals surface area (Å²) in [5.41, 5.74) is 0.977. The summed E-state index contributed by atoms with van der Waals surface area (Å²) in [4.78, 5) is 16.8. The molecule has 4 rings (SSSR count). The minimum Gasteiger partial charge on any atom is -0.313 e. The van der Waals surface area contributed by atoms with E-state index in [1.807, 2.05) is 24.3 Å². The molecule has 0 saturated heterocycles. The van der Waals surface area contributed by atoms with Gasteiger partial charge < -0.3 is 4.57 Å². The second-order valence-corrected chi connectivity index (χ2v) is 7.30. The summed E-state index contributed by atoms with van der Waals surface area (Å²) in [6.07, 6.45) is -3.01. The molecule has 1 N–H and O–H groups in total. The van der Waals surface area contributed by atoms with Gasteiger partial charge in [0.1, 0.15) is 6.54 Å². The quantitative estimate of drug-likeness (QED) is 0.663. The highest BCUT2D eigenvalue weighted by Gasteiger charge is 2.42. The van der Waals surface area contributed by atoms with Crippen molar-refractivity contribution in [1.82, 2.24) is 19.3 Å². The van der Waals surface area contributed by atoms with Gasteiger partial charge in [0.2, 0.25) is 11.9 Å². The van der Waals surface area contributed by atoms with E-state index in [-0.39, 0.29) is 16.9 Å². The normalized spacial score (nSPS) is 14.7. The van der Waals surface area contributed by atoms with Crippen LogP contribution in [0.1, 0.15) is 30.1 Å². The summed E-state index contributed by atoms with van der Waals surface area (Å²) in [5, 5.41) is 6.30. The van der Waals surface area contributed by atoms with Gasteiger partial charge >= 0.3 is 6.18 Å². The molecule has 0 bridgehead atoms. The van der Waals surface area contributed by atoms with Crippen LogP contribution in [0.2, 0.25) is 0 Å². The number of rotatable bonds is 4. The van der Waals surface area contributed by atoms with Gasteiger partial charge in [0.25, 0.3) is 0 Å². The number of halogens is 4. The fourth-order valence-corrected chi connectivity index (χ4v) is 3.89. The average molecular weight is 442 g/mol. The van der Waals surface area contributed by atoms with Gasteiger partial charge in [-0.15, -0.1) is 0 Å². The fraction of sp³-hybridized carbons (Fsp3) is 0.353. The molecule has 2 heterocycles. The number of para-hydroxylation sites is 2. The van der Waals surface area contributed by atoms with Gasteiger partial charge in [-0.2, -0.15) is 18.3 Å². The fourth-order valence-electron chi connectivity index (χ4n) is 3.06. The Bertz CT molecular complexity index is 1040. The smallest absolute Gasteiger partial charge is 0.313 e. The van der Waals surface area contributed by atoms with Gasteiger partial charge in [-0.1, -0.05) is 12.1 Å². The molecule has 0 radical (unpaired) electrons. The number of aryl methyl sites for hydroxylation is 1. The van der Waals surface area contributed by atoms with Gasteiger partial charge in [-0.05, 0) is 40.9 Å². The summed E-state index contributed by atoms with van der Waals surface area (Å²) < 4.78 is 42.3. The van der Waals surface area contributed by atoms with Crippen LogP contribution in [0.4, 0.5) is 19.1 Å². The first-order valence-corrected chi connectivity index (χ1v) is 9.09. The minimum absolute atomic E-state index is 0.00785. The predicted molar refractivity (Wildman–Crippen MR) is 96.2 cm³/mol. The summed E-state index contributed by atoms with van der Waals surface area (Å²) in [7, 11) is 1.76. The molecule has 1 saturated carbocycles. The van der Waals surface area contributed by atoms with Gasteiger partial charge in [-0.25, -0.2) is 4.98 Å². The van der Waals surface area contributed by atoms with E-state index in [2.05, 4.69) is 31.3 Å². The molecule has 142 valence electrons. The molecule has 1 aliphatic carbocycles. The van der Waals surface area contributed by atoms with Crippen molar-refractivity contribution in [3.8, 4) is 0 Å². The number of hydrogen-bond donors (Lipinski definition) is 1. The average Bonchev–Trinajstić information content (AvgIpc) is 3.30. The third kappa shape index (κ3) is 3.33. The van der Waals surface area contributed by atoms with Gasteiger partial charge in [0.15, 0.2) is 5.69 Å². The van der Waals surface area contributed by atoms with Crippen LogP contribution in [-0.4, -0.2) is 25.2 Å². The Balaban J connectivity index is 1.60. The van der Waals surface area contributed by atoms with E-state index in [1.165, 1.54) is 0 Å². The van der Waals surface area contributed by atoms with Gasteiger partial charge in [0, 0.05) is 13.0 Å². The third-order valence-corrected chi connectivity index (χ3v) is 5.28. The lowest BCUT2D eigenvalue weighted by atomic mass is 10.2. The Morgan fingerprint density at radius 1 is 1.33 bits per heavy atom. The van der Waals surface area contributed by atoms with Crippen LogP contribution in [0.5, 0.6) is 0 Å². The molecule has 0 spiro atoms. The number of hydrogen-bond acceptors (Lipinski definition) is 3. The third-order valence-electron chi connectivity index (χ3n) is 4.50. The molecule has 10 heteroatoms. The van der Waals surface area contributed by atoms with Crippen molar-refractivity contribution in [1.29, 1.82) is 0 Å². The van der Waals surface area contributed by atoms with E-state index >= 15 is 0 Å². The van der Waals surface area contributed by atoms with Crippen LogP contribution in [0.3, 0.4) is 0 Å². The molecule has 1 aliphatic rings. The highest BCUT2D eigenvalue weighted by atomic mass is 79.9. The Hall–Kier alpha value is -2.36. The van der Waals surface area contributed by atoms with Crippen LogP contribution in [0, 0.1) is 0 Å². The number of carbonyl (C=O) groups excluding carboxylic acids is 1. The molecular weight excluding hydrogens is 427 g/mol. The number of nitrogens with one attached hydrogen (secondary N) is 1. The number of carbonyl (C=O) groups is 1. The molecule has 1 amide bonds. The number of alkyl halides is 3. The van der Waals surface area contributed by atoms with Crippen molar-refractivity contribution in [2.24, 2.45) is 7.05 Å². The molecule has 6 nitrogen and oxygen atoms in total. The standard InChI is InChI=1S/C17H15BrF3N5O/c1-25-11-5-3-2-4-10(11)22-16(25)23-12(27)8-26-14(9-6-7-9)13(18)15(24-26)17(19,20)21/h2-5,9H,6-8H2,1H3,(H,22,23,27). The first-order chi connectivity index (χ1) is 12.8. The number of aromatic nitrogens is 4. The van der Waals surface area contributed by atoms with Gasteiger partial charge in [-0.3, -0.25) is 14.8 Å². The first-order valence-electron chi connectivity index (χ1n) is 8.30. The second kappa shape index (κ2) is 6.36. The molecule has 0 unspecified atom stereocenters. The lowest BCUT2D eigenvalue weighted by molar-refractivity contribution is -0.142. The molecule has 1 aromatic carbocycles. The van der Waals surface area contributed by atoms with Crippen molar-refractivity contribution in [3.63, 3.8) is 0 Å². The van der Waals surface area contributed by atoms with E-state index in [1.54, 1.807) is 11.6 Å². The van der Waals surface area contributed by atoms with E-state index in [9.17, 15) is 18.0 Å². The zero-order chi connectivity index (χ0) is 19.3. The van der Waals surface area contributed by atoms with Crippen LogP contribution in [-0.2, 0) is 24.6 Å². The topological polar surface area (TPSA) is 64.7 Å². The van der Waals surface area contributed by atoms with Crippen LogP contribution in [0.15, 0.2) is 28.7 Å². The van der Waals surface area contributed by atoms with Crippen LogP contribution in [0.25, 0.3) is 11.0 Å². The SMILES string of the molecule is Cn1c(NC(=O)Cn2nc(C(F)(F)F)c(Br)c2C2CC2)nc2ccccc21. The maximum absolute atomic E-state index is 13.2. The van der Waals surface area contributed by atoms with Crippen LogP contribution < -0.4 is 5.32 Å². The highest BCUT2D eigenvalue weighted by molar-refractivity contribution is 9.10. The molecule has 0 atom stereocenters. The molecule has 3 aromatic rings. The number of imidazole rings is 1. The first kappa shape index (κ1) is 18.0. The second-order valence-electron chi connectivity index (χ2n) is 6.51. The summed E-state index contributed by atoms with van der Waals surface area (Å²) in [5.74, 6) is -0.165. The maximum atomic E-state index is 13.2. The summed E-state index contributed by atoms with van der Waals surface area (Å²) >= 11 is 3.02. The van der Waals surface area contributed by atoms with Crippen molar-refractivity contribution in [2.75, 3.05) is 5.32 Å². The Morgan fingerprint density at radius 2 is 2.04 bits per heavy atom. The van der Waals surface area contributed by atoms with Crippen molar-refractivity contribution in [2.45, 2.75) is 31.5 Å². The van der Waals surface area contributed by atoms with E-state index in [0.29, 0.717) is 11.6 Å². The summed E-state index contributed by atoms with van der Waals surface area (Å²) in [6.45, 7) is -0.316. The lowest BCUT2D eigenvalue weighted by Crippen LogP contribution is -2.22. The van der Waals surface area contributed by atoms with Crippen molar-refractivity contribution >= 4 is 38.8 Å². The Kier molecular flexibility index (Phi) is 4.25. The van der Waals surface area contributed by atoms with Crippen molar-refractivity contribution in [3.05, 3.63) is 40.1 Å². The summed E-state index contributed by atoms with van der Waals surface area (Å²) in [6, 6.07) is 7.38. The largest absolute Gasteiger partial charge is 0.436 e. The van der Waals surface area contributed by atoms with E-state index in [4.69, 9.17) is 0 Å². The number of nitrogens with zero attached hydrogens (tertiary/aromatic N) is 4. The van der Waals surface area contributed by atoms with E-state index in [0.717, 1.165) is 28.6 Å². The number of amides is 1. The van der Waals surface area contributed by atoms with Crippen molar-refractivity contribution < 1.29 is 18.0 Å². The monoisotopic (exact) mass is 441 g/mol. The number of benzene rings is 1. The molecule has 27 heavy (non-hydrogen) atoms. The molecule has 0 aliphatic heterocycles. The predicted octanol–water partition coefficient (Wildman–Crippen LogP) is 4.07. The maximum Gasteiger partial charge on any atom is 0.436 e. The zero-order valence-electron chi connectivity index (χ0n) is 14.2. The Labute approximate surface area is 160 Å². The molecule has 1 fully saturated rings. The van der Waals surface area contributed by atoms with Crippen LogP contribution >= 0.6 is 15.9 Å². The highest BCUT2D eigenvalue weighted by Crippen LogP contribution is 2.46. The number of fused-ring (bicyclic) bond motifs is 1. The lowest BCUT2D eigenvalue weighted by Gasteiger charge is -2.08. The zero-order valence-corrected chi connectivity index (χ0v) is 15.8. The van der Waals surface area contributed by atoms with E-state index < -0.39 is 17.8 Å². The molecular formula is C17H15BrF3N5O. The minimum atomic E-state index is -4.58.